The fourth-order valence-electron chi connectivity index (χ4n) is 2.38. The summed E-state index contributed by atoms with van der Waals surface area (Å²) in [5.74, 6) is -0.580. The van der Waals surface area contributed by atoms with E-state index in [-0.39, 0.29) is 15.9 Å². The van der Waals surface area contributed by atoms with E-state index in [0.29, 0.717) is 24.9 Å². The molecule has 1 aromatic carbocycles. The zero-order chi connectivity index (χ0) is 15.9. The van der Waals surface area contributed by atoms with Gasteiger partial charge in [-0.15, -0.1) is 0 Å². The monoisotopic (exact) mass is 378 g/mol. The van der Waals surface area contributed by atoms with Crippen molar-refractivity contribution in [1.82, 2.24) is 4.90 Å². The van der Waals surface area contributed by atoms with E-state index in [1.54, 1.807) is 4.90 Å². The Morgan fingerprint density at radius 3 is 2.33 bits per heavy atom. The van der Waals surface area contributed by atoms with Crippen molar-refractivity contribution < 1.29 is 17.6 Å². The average molecular weight is 379 g/mol. The SMILES string of the molecule is CC1CN(C(=O)c2cc(S(N)(=O)=O)c(F)cc2Br)CC1C. The maximum Gasteiger partial charge on any atom is 0.255 e. The minimum absolute atomic E-state index is 0.0988. The first kappa shape index (κ1) is 16.4. The lowest BCUT2D eigenvalue weighted by Gasteiger charge is -2.17. The number of benzene rings is 1. The molecule has 1 aromatic rings. The number of rotatable bonds is 2. The molecule has 1 saturated heterocycles. The standard InChI is InChI=1S/C13H16BrFN2O3S/c1-7-5-17(6-8(7)2)13(18)9-3-12(21(16,19)20)11(15)4-10(9)14/h3-4,7-8H,5-6H2,1-2H3,(H2,16,19,20). The summed E-state index contributed by atoms with van der Waals surface area (Å²) in [7, 11) is -4.22. The molecule has 0 aromatic heterocycles. The van der Waals surface area contributed by atoms with Gasteiger partial charge in [-0.25, -0.2) is 17.9 Å². The number of carbonyl (C=O) groups excluding carboxylic acids is 1. The molecule has 1 aliphatic heterocycles. The van der Waals surface area contributed by atoms with Crippen LogP contribution in [0, 0.1) is 17.7 Å². The first-order chi connectivity index (χ1) is 9.61. The molecule has 2 rings (SSSR count). The van der Waals surface area contributed by atoms with Crippen molar-refractivity contribution in [3.05, 3.63) is 28.0 Å². The van der Waals surface area contributed by atoms with Crippen molar-refractivity contribution in [3.8, 4) is 0 Å². The Kier molecular flexibility index (Phi) is 4.41. The van der Waals surface area contributed by atoms with Crippen molar-refractivity contribution in [2.75, 3.05) is 13.1 Å². The molecule has 0 bridgehead atoms. The van der Waals surface area contributed by atoms with Crippen LogP contribution in [0.3, 0.4) is 0 Å². The topological polar surface area (TPSA) is 80.5 Å². The summed E-state index contributed by atoms with van der Waals surface area (Å²) in [5, 5.41) is 4.97. The molecule has 8 heteroatoms. The number of halogens is 2. The molecular weight excluding hydrogens is 363 g/mol. The Bertz CT molecular complexity index is 683. The lowest BCUT2D eigenvalue weighted by molar-refractivity contribution is 0.0783. The van der Waals surface area contributed by atoms with Gasteiger partial charge in [-0.1, -0.05) is 13.8 Å². The molecule has 21 heavy (non-hydrogen) atoms. The van der Waals surface area contributed by atoms with Gasteiger partial charge in [0.2, 0.25) is 10.0 Å². The fraction of sp³-hybridized carbons (Fsp3) is 0.462. The molecule has 1 aliphatic rings. The van der Waals surface area contributed by atoms with Gasteiger partial charge in [0.25, 0.3) is 5.91 Å². The van der Waals surface area contributed by atoms with Gasteiger partial charge in [0.1, 0.15) is 10.7 Å². The van der Waals surface area contributed by atoms with E-state index in [9.17, 15) is 17.6 Å². The zero-order valence-corrected chi connectivity index (χ0v) is 14.0. The second-order valence-corrected chi connectivity index (χ2v) is 7.86. The van der Waals surface area contributed by atoms with E-state index in [1.165, 1.54) is 0 Å². The van der Waals surface area contributed by atoms with Crippen molar-refractivity contribution in [2.45, 2.75) is 18.7 Å². The number of carbonyl (C=O) groups is 1. The summed E-state index contributed by atoms with van der Waals surface area (Å²) in [6, 6.07) is 1.95. The third-order valence-corrected chi connectivity index (χ3v) is 5.42. The van der Waals surface area contributed by atoms with Crippen LogP contribution in [0.25, 0.3) is 0 Å². The van der Waals surface area contributed by atoms with E-state index in [2.05, 4.69) is 15.9 Å². The molecule has 2 unspecified atom stereocenters. The Morgan fingerprint density at radius 2 is 1.86 bits per heavy atom. The van der Waals surface area contributed by atoms with Gasteiger partial charge in [0, 0.05) is 17.6 Å². The highest BCUT2D eigenvalue weighted by atomic mass is 79.9. The minimum Gasteiger partial charge on any atom is -0.338 e. The largest absolute Gasteiger partial charge is 0.338 e. The number of hydrogen-bond donors (Lipinski definition) is 1. The number of nitrogens with two attached hydrogens (primary N) is 1. The third kappa shape index (κ3) is 3.27. The molecule has 1 heterocycles. The van der Waals surface area contributed by atoms with E-state index < -0.39 is 20.7 Å². The van der Waals surface area contributed by atoms with Crippen molar-refractivity contribution >= 4 is 31.9 Å². The van der Waals surface area contributed by atoms with Crippen LogP contribution < -0.4 is 5.14 Å². The van der Waals surface area contributed by atoms with E-state index in [1.807, 2.05) is 13.8 Å². The number of nitrogens with zero attached hydrogens (tertiary/aromatic N) is 1. The first-order valence-electron chi connectivity index (χ1n) is 6.42. The summed E-state index contributed by atoms with van der Waals surface area (Å²) in [5.41, 5.74) is 0.0988. The maximum atomic E-state index is 13.7. The normalized spacial score (nSPS) is 22.6. The molecule has 2 N–H and O–H groups in total. The molecule has 0 aliphatic carbocycles. The number of amides is 1. The molecule has 0 spiro atoms. The van der Waals surface area contributed by atoms with Gasteiger partial charge < -0.3 is 4.90 Å². The van der Waals surface area contributed by atoms with Crippen LogP contribution in [0.4, 0.5) is 4.39 Å². The van der Waals surface area contributed by atoms with Gasteiger partial charge in [0.05, 0.1) is 5.56 Å². The molecular formula is C13H16BrFN2O3S. The molecule has 0 saturated carbocycles. The molecule has 0 radical (unpaired) electrons. The summed E-state index contributed by atoms with van der Waals surface area (Å²) in [4.78, 5) is 13.5. The van der Waals surface area contributed by atoms with Crippen LogP contribution in [0.5, 0.6) is 0 Å². The first-order valence-corrected chi connectivity index (χ1v) is 8.76. The molecule has 2 atom stereocenters. The molecule has 1 amide bonds. The number of hydrogen-bond acceptors (Lipinski definition) is 3. The van der Waals surface area contributed by atoms with Gasteiger partial charge in [-0.2, -0.15) is 0 Å². The average Bonchev–Trinajstić information content (AvgIpc) is 2.67. The Morgan fingerprint density at radius 1 is 1.33 bits per heavy atom. The molecule has 116 valence electrons. The highest BCUT2D eigenvalue weighted by molar-refractivity contribution is 9.10. The third-order valence-electron chi connectivity index (χ3n) is 3.83. The van der Waals surface area contributed by atoms with Crippen LogP contribution >= 0.6 is 15.9 Å². The van der Waals surface area contributed by atoms with E-state index in [0.717, 1.165) is 12.1 Å². The van der Waals surface area contributed by atoms with E-state index in [4.69, 9.17) is 5.14 Å². The highest BCUT2D eigenvalue weighted by Gasteiger charge is 2.31. The fourth-order valence-corrected chi connectivity index (χ4v) is 3.47. The Labute approximate surface area is 131 Å². The summed E-state index contributed by atoms with van der Waals surface area (Å²) in [6.45, 7) is 5.28. The maximum absolute atomic E-state index is 13.7. The molecule has 5 nitrogen and oxygen atoms in total. The summed E-state index contributed by atoms with van der Waals surface area (Å²) < 4.78 is 36.6. The number of likely N-dealkylation sites (tertiary alicyclic amines) is 1. The highest BCUT2D eigenvalue weighted by Crippen LogP contribution is 2.28. The smallest absolute Gasteiger partial charge is 0.255 e. The quantitative estimate of drug-likeness (QED) is 0.853. The lowest BCUT2D eigenvalue weighted by atomic mass is 10.0. The van der Waals surface area contributed by atoms with Crippen molar-refractivity contribution in [3.63, 3.8) is 0 Å². The van der Waals surface area contributed by atoms with Gasteiger partial charge in [0.15, 0.2) is 0 Å². The minimum atomic E-state index is -4.22. The van der Waals surface area contributed by atoms with Crippen LogP contribution in [-0.4, -0.2) is 32.3 Å². The lowest BCUT2D eigenvalue weighted by Crippen LogP contribution is -2.29. The van der Waals surface area contributed by atoms with Gasteiger partial charge in [-0.05, 0) is 39.9 Å². The van der Waals surface area contributed by atoms with Crippen LogP contribution in [-0.2, 0) is 10.0 Å². The van der Waals surface area contributed by atoms with Crippen LogP contribution in [0.1, 0.15) is 24.2 Å². The predicted octanol–water partition coefficient (Wildman–Crippen LogP) is 1.96. The number of sulfonamides is 1. The van der Waals surface area contributed by atoms with Crippen LogP contribution in [0.15, 0.2) is 21.5 Å². The second kappa shape index (κ2) is 5.66. The number of primary sulfonamides is 1. The van der Waals surface area contributed by atoms with Gasteiger partial charge >= 0.3 is 0 Å². The Hall–Kier alpha value is -0.990. The second-order valence-electron chi connectivity index (χ2n) is 5.47. The summed E-state index contributed by atoms with van der Waals surface area (Å²) in [6.07, 6.45) is 0. The predicted molar refractivity (Wildman–Crippen MR) is 79.7 cm³/mol. The zero-order valence-electron chi connectivity index (χ0n) is 11.6. The van der Waals surface area contributed by atoms with Crippen molar-refractivity contribution in [2.24, 2.45) is 17.0 Å². The Balaban J connectivity index is 2.43. The summed E-state index contributed by atoms with van der Waals surface area (Å²) >= 11 is 3.10. The van der Waals surface area contributed by atoms with Crippen LogP contribution in [0.2, 0.25) is 0 Å². The van der Waals surface area contributed by atoms with Gasteiger partial charge in [-0.3, -0.25) is 4.79 Å². The molecule has 1 fully saturated rings. The van der Waals surface area contributed by atoms with E-state index >= 15 is 0 Å². The van der Waals surface area contributed by atoms with Crippen molar-refractivity contribution in [1.29, 1.82) is 0 Å².